The fourth-order valence-electron chi connectivity index (χ4n) is 2.10. The molecule has 0 saturated heterocycles. The van der Waals surface area contributed by atoms with Gasteiger partial charge in [0.2, 0.25) is 0 Å². The monoisotopic (exact) mass is 316 g/mol. The van der Waals surface area contributed by atoms with E-state index in [4.69, 9.17) is 5.11 Å². The Morgan fingerprint density at radius 3 is 2.57 bits per heavy atom. The Kier molecular flexibility index (Phi) is 6.28. The van der Waals surface area contributed by atoms with Crippen molar-refractivity contribution in [3.8, 4) is 5.69 Å². The number of carboxylic acids is 1. The van der Waals surface area contributed by atoms with Crippen LogP contribution in [0.4, 0.5) is 0 Å². The molecule has 0 saturated carbocycles. The average molecular weight is 316 g/mol. The Bertz CT molecular complexity index is 640. The molecule has 0 bridgehead atoms. The van der Waals surface area contributed by atoms with Crippen LogP contribution in [0.2, 0.25) is 0 Å². The largest absolute Gasteiger partial charge is 0.481 e. The molecule has 0 aliphatic rings. The van der Waals surface area contributed by atoms with Gasteiger partial charge in [-0.25, -0.2) is 0 Å². The van der Waals surface area contributed by atoms with Crippen molar-refractivity contribution in [1.82, 2.24) is 20.3 Å². The number of carbonyl (C=O) groups excluding carboxylic acids is 1. The van der Waals surface area contributed by atoms with E-state index in [0.717, 1.165) is 24.9 Å². The highest BCUT2D eigenvalue weighted by Gasteiger charge is 2.10. The summed E-state index contributed by atoms with van der Waals surface area (Å²) < 4.78 is 0. The van der Waals surface area contributed by atoms with Crippen molar-refractivity contribution in [3.05, 3.63) is 42.2 Å². The normalized spacial score (nSPS) is 10.4. The molecule has 0 fully saturated rings. The highest BCUT2D eigenvalue weighted by Crippen LogP contribution is 2.05. The number of carbonyl (C=O) groups is 2. The van der Waals surface area contributed by atoms with Crippen LogP contribution in [0.5, 0.6) is 0 Å². The minimum Gasteiger partial charge on any atom is -0.481 e. The number of benzene rings is 1. The maximum Gasteiger partial charge on any atom is 0.303 e. The summed E-state index contributed by atoms with van der Waals surface area (Å²) in [7, 11) is 0. The van der Waals surface area contributed by atoms with Crippen LogP contribution in [-0.2, 0) is 4.79 Å². The van der Waals surface area contributed by atoms with E-state index < -0.39 is 5.97 Å². The van der Waals surface area contributed by atoms with Crippen LogP contribution in [0.15, 0.2) is 36.5 Å². The van der Waals surface area contributed by atoms with Gasteiger partial charge in [-0.2, -0.15) is 9.90 Å². The van der Waals surface area contributed by atoms with Gasteiger partial charge in [0.25, 0.3) is 5.91 Å². The summed E-state index contributed by atoms with van der Waals surface area (Å²) in [6.07, 6.45) is 4.88. The van der Waals surface area contributed by atoms with E-state index in [1.807, 2.05) is 30.3 Å². The zero-order valence-electron chi connectivity index (χ0n) is 12.8. The molecule has 0 atom stereocenters. The molecular formula is C16H20N4O3. The molecule has 23 heavy (non-hydrogen) atoms. The molecule has 1 amide bonds. The van der Waals surface area contributed by atoms with Gasteiger partial charge in [0.15, 0.2) is 5.69 Å². The number of aliphatic carboxylic acids is 1. The number of rotatable bonds is 9. The molecule has 1 heterocycles. The smallest absolute Gasteiger partial charge is 0.303 e. The van der Waals surface area contributed by atoms with Gasteiger partial charge in [-0.1, -0.05) is 31.0 Å². The number of aromatic nitrogens is 3. The summed E-state index contributed by atoms with van der Waals surface area (Å²) in [5.74, 6) is -1.02. The Labute approximate surface area is 134 Å². The first-order valence-corrected chi connectivity index (χ1v) is 7.64. The summed E-state index contributed by atoms with van der Waals surface area (Å²) in [6.45, 7) is 0.546. The van der Waals surface area contributed by atoms with Crippen LogP contribution in [0, 0.1) is 0 Å². The van der Waals surface area contributed by atoms with E-state index in [0.29, 0.717) is 13.0 Å². The fourth-order valence-corrected chi connectivity index (χ4v) is 2.10. The van der Waals surface area contributed by atoms with Gasteiger partial charge in [0, 0.05) is 13.0 Å². The second-order valence-corrected chi connectivity index (χ2v) is 5.17. The molecule has 2 rings (SSSR count). The lowest BCUT2D eigenvalue weighted by Crippen LogP contribution is -2.25. The van der Waals surface area contributed by atoms with Gasteiger partial charge in [0.05, 0.1) is 11.9 Å². The van der Waals surface area contributed by atoms with E-state index in [-0.39, 0.29) is 18.0 Å². The van der Waals surface area contributed by atoms with E-state index >= 15 is 0 Å². The van der Waals surface area contributed by atoms with Crippen molar-refractivity contribution >= 4 is 11.9 Å². The predicted octanol–water partition coefficient (Wildman–Crippen LogP) is 2.03. The third-order valence-corrected chi connectivity index (χ3v) is 3.31. The molecule has 0 spiro atoms. The first-order valence-electron chi connectivity index (χ1n) is 7.64. The van der Waals surface area contributed by atoms with Crippen molar-refractivity contribution < 1.29 is 14.7 Å². The molecule has 0 unspecified atom stereocenters. The minimum absolute atomic E-state index is 0.203. The van der Waals surface area contributed by atoms with Gasteiger partial charge < -0.3 is 10.4 Å². The maximum absolute atomic E-state index is 12.0. The number of hydrogen-bond acceptors (Lipinski definition) is 4. The number of para-hydroxylation sites is 1. The number of amides is 1. The first kappa shape index (κ1) is 16.7. The lowest BCUT2D eigenvalue weighted by atomic mass is 10.1. The van der Waals surface area contributed by atoms with Gasteiger partial charge in [-0.15, -0.1) is 5.10 Å². The third kappa shape index (κ3) is 5.54. The number of nitrogens with zero attached hydrogens (tertiary/aromatic N) is 3. The Morgan fingerprint density at radius 1 is 1.09 bits per heavy atom. The van der Waals surface area contributed by atoms with Crippen molar-refractivity contribution in [3.63, 3.8) is 0 Å². The summed E-state index contributed by atoms with van der Waals surface area (Å²) >= 11 is 0. The molecule has 0 radical (unpaired) electrons. The molecule has 2 aromatic rings. The van der Waals surface area contributed by atoms with Gasteiger partial charge in [-0.05, 0) is 25.0 Å². The quantitative estimate of drug-likeness (QED) is 0.690. The lowest BCUT2D eigenvalue weighted by molar-refractivity contribution is -0.137. The molecule has 0 aliphatic carbocycles. The van der Waals surface area contributed by atoms with Gasteiger partial charge in [-0.3, -0.25) is 9.59 Å². The standard InChI is InChI=1S/C16H20N4O3/c21-15(22)10-6-1-2-7-11-17-16(23)14-12-18-20(19-14)13-8-4-3-5-9-13/h3-5,8-9,12H,1-2,6-7,10-11H2,(H,17,23)(H,21,22). The van der Waals surface area contributed by atoms with E-state index in [9.17, 15) is 9.59 Å². The number of hydrogen-bond donors (Lipinski definition) is 2. The third-order valence-electron chi connectivity index (χ3n) is 3.31. The number of unbranched alkanes of at least 4 members (excludes halogenated alkanes) is 3. The Morgan fingerprint density at radius 2 is 1.83 bits per heavy atom. The molecular weight excluding hydrogens is 296 g/mol. The molecule has 0 aliphatic heterocycles. The second-order valence-electron chi connectivity index (χ2n) is 5.17. The van der Waals surface area contributed by atoms with Crippen LogP contribution in [0.1, 0.15) is 42.6 Å². The lowest BCUT2D eigenvalue weighted by Gasteiger charge is -2.02. The summed E-state index contributed by atoms with van der Waals surface area (Å²) in [5.41, 5.74) is 1.07. The molecule has 7 heteroatoms. The van der Waals surface area contributed by atoms with Gasteiger partial charge >= 0.3 is 5.97 Å². The van der Waals surface area contributed by atoms with Crippen LogP contribution in [-0.4, -0.2) is 38.5 Å². The topological polar surface area (TPSA) is 97.1 Å². The zero-order chi connectivity index (χ0) is 16.5. The zero-order valence-corrected chi connectivity index (χ0v) is 12.8. The summed E-state index contributed by atoms with van der Waals surface area (Å²) in [6, 6.07) is 9.38. The van der Waals surface area contributed by atoms with E-state index in [1.54, 1.807) is 0 Å². The van der Waals surface area contributed by atoms with Crippen LogP contribution in [0.25, 0.3) is 5.69 Å². The van der Waals surface area contributed by atoms with Crippen molar-refractivity contribution in [2.45, 2.75) is 32.1 Å². The van der Waals surface area contributed by atoms with Crippen molar-refractivity contribution in [2.75, 3.05) is 6.54 Å². The maximum atomic E-state index is 12.0. The fraction of sp³-hybridized carbons (Fsp3) is 0.375. The van der Waals surface area contributed by atoms with E-state index in [1.165, 1.54) is 11.0 Å². The van der Waals surface area contributed by atoms with Crippen molar-refractivity contribution in [1.29, 1.82) is 0 Å². The molecule has 1 aromatic carbocycles. The number of nitrogens with one attached hydrogen (secondary N) is 1. The number of carboxylic acid groups (broad SMARTS) is 1. The minimum atomic E-state index is -0.764. The van der Waals surface area contributed by atoms with Crippen LogP contribution >= 0.6 is 0 Å². The van der Waals surface area contributed by atoms with Gasteiger partial charge in [0.1, 0.15) is 0 Å². The molecule has 7 nitrogen and oxygen atoms in total. The van der Waals surface area contributed by atoms with Crippen molar-refractivity contribution in [2.24, 2.45) is 0 Å². The Hall–Kier alpha value is -2.70. The van der Waals surface area contributed by atoms with Crippen LogP contribution < -0.4 is 5.32 Å². The second kappa shape index (κ2) is 8.67. The summed E-state index contributed by atoms with van der Waals surface area (Å²) in [4.78, 5) is 23.7. The van der Waals surface area contributed by atoms with Crippen LogP contribution in [0.3, 0.4) is 0 Å². The first-order chi connectivity index (χ1) is 11.2. The summed E-state index contributed by atoms with van der Waals surface area (Å²) in [5, 5.41) is 19.6. The predicted molar refractivity (Wildman–Crippen MR) is 84.4 cm³/mol. The van der Waals surface area contributed by atoms with E-state index in [2.05, 4.69) is 15.5 Å². The average Bonchev–Trinajstić information content (AvgIpc) is 3.04. The highest BCUT2D eigenvalue weighted by molar-refractivity contribution is 5.91. The highest BCUT2D eigenvalue weighted by atomic mass is 16.4. The Balaban J connectivity index is 1.70. The molecule has 1 aromatic heterocycles. The molecule has 2 N–H and O–H groups in total. The molecule has 122 valence electrons. The SMILES string of the molecule is O=C(O)CCCCCCNC(=O)c1cnn(-c2ccccc2)n1.